The second-order valence-electron chi connectivity index (χ2n) is 15.5. The van der Waals surface area contributed by atoms with Crippen molar-refractivity contribution in [3.05, 3.63) is 151 Å². The first-order valence-corrected chi connectivity index (χ1v) is 19.9. The molecule has 0 amide bonds. The molecule has 6 aromatic carbocycles. The Morgan fingerprint density at radius 2 is 1.06 bits per heavy atom. The van der Waals surface area contributed by atoms with E-state index in [2.05, 4.69) is 108 Å². The van der Waals surface area contributed by atoms with Gasteiger partial charge in [-0.05, 0) is 135 Å². The van der Waals surface area contributed by atoms with Crippen molar-refractivity contribution in [1.29, 1.82) is 0 Å². The van der Waals surface area contributed by atoms with Gasteiger partial charge >= 0.3 is 0 Å². The fourth-order valence-electron chi connectivity index (χ4n) is 11.4. The van der Waals surface area contributed by atoms with E-state index >= 15 is 0 Å². The number of fused-ring (bicyclic) bond motifs is 4. The number of rotatable bonds is 3. The molecular weight excluding hydrogens is 643 g/mol. The Kier molecular flexibility index (Phi) is 6.24. The lowest BCUT2D eigenvalue weighted by molar-refractivity contribution is -0.0446. The fraction of sp³-hybridized carbons (Fsp3) is 0.213. The van der Waals surface area contributed by atoms with E-state index in [9.17, 15) is 8.42 Å². The number of aromatic nitrogens is 1. The molecule has 3 nitrogen and oxygen atoms in total. The van der Waals surface area contributed by atoms with Gasteiger partial charge in [-0.25, -0.2) is 8.42 Å². The number of pyridine rings is 1. The molecule has 0 saturated heterocycles. The average molecular weight is 680 g/mol. The molecule has 12 rings (SSSR count). The second kappa shape index (κ2) is 10.7. The molecule has 1 aliphatic heterocycles. The van der Waals surface area contributed by atoms with Crippen LogP contribution in [0.2, 0.25) is 0 Å². The lowest BCUT2D eigenvalue weighted by atomic mass is 9.42. The molecule has 4 aliphatic carbocycles. The molecule has 5 aliphatic rings. The van der Waals surface area contributed by atoms with E-state index in [1.54, 1.807) is 0 Å². The Balaban J connectivity index is 1.10. The highest BCUT2D eigenvalue weighted by atomic mass is 32.2. The third kappa shape index (κ3) is 4.06. The van der Waals surface area contributed by atoms with Crippen LogP contribution in [-0.2, 0) is 15.3 Å². The quantitative estimate of drug-likeness (QED) is 0.187. The van der Waals surface area contributed by atoms with Crippen molar-refractivity contribution in [2.75, 3.05) is 0 Å². The second-order valence-corrected chi connectivity index (χ2v) is 17.4. The van der Waals surface area contributed by atoms with Gasteiger partial charge in [-0.15, -0.1) is 0 Å². The van der Waals surface area contributed by atoms with Crippen LogP contribution in [0.15, 0.2) is 150 Å². The van der Waals surface area contributed by atoms with E-state index in [0.29, 0.717) is 21.6 Å². The van der Waals surface area contributed by atoms with Crippen LogP contribution < -0.4 is 0 Å². The standard InChI is InChI=1S/C47H37NO2S/c49-51(50)45-13-7-6-12-43(45)47(33-23-29-22-30(25-33)26-34(47)24-29)44-19-14-32(27-46(44)51)36-16-18-39(38-11-5-4-10-37(36)38)40-17-15-35(31-8-2-1-3-9-31)42-28-48-21-20-41(40)42/h1-21,27-30,33-34H,22-26H2. The molecule has 4 heteroatoms. The Hall–Kier alpha value is -5.06. The Labute approximate surface area is 298 Å². The zero-order valence-electron chi connectivity index (χ0n) is 28.3. The maximum atomic E-state index is 14.6. The van der Waals surface area contributed by atoms with E-state index in [0.717, 1.165) is 72.3 Å². The molecule has 0 atom stereocenters. The van der Waals surface area contributed by atoms with Gasteiger partial charge in [0.05, 0.1) is 9.79 Å². The highest BCUT2D eigenvalue weighted by molar-refractivity contribution is 7.91. The molecule has 0 unspecified atom stereocenters. The zero-order valence-corrected chi connectivity index (χ0v) is 29.1. The van der Waals surface area contributed by atoms with Gasteiger partial charge in [0.25, 0.3) is 0 Å². The van der Waals surface area contributed by atoms with E-state index in [1.165, 1.54) is 37.7 Å². The zero-order chi connectivity index (χ0) is 33.9. The van der Waals surface area contributed by atoms with Crippen molar-refractivity contribution in [1.82, 2.24) is 4.98 Å². The van der Waals surface area contributed by atoms with Crippen molar-refractivity contribution in [2.24, 2.45) is 23.7 Å². The molecule has 0 N–H and O–H groups in total. The van der Waals surface area contributed by atoms with Crippen LogP contribution >= 0.6 is 0 Å². The molecule has 51 heavy (non-hydrogen) atoms. The molecule has 4 fully saturated rings. The lowest BCUT2D eigenvalue weighted by Crippen LogP contribution is -2.57. The van der Waals surface area contributed by atoms with Gasteiger partial charge in [0.1, 0.15) is 0 Å². The molecule has 4 bridgehead atoms. The van der Waals surface area contributed by atoms with E-state index in [-0.39, 0.29) is 5.41 Å². The monoisotopic (exact) mass is 679 g/mol. The minimum Gasteiger partial charge on any atom is -0.264 e. The van der Waals surface area contributed by atoms with Gasteiger partial charge < -0.3 is 0 Å². The molecule has 248 valence electrons. The summed E-state index contributed by atoms with van der Waals surface area (Å²) in [4.78, 5) is 5.57. The first-order valence-electron chi connectivity index (χ1n) is 18.5. The van der Waals surface area contributed by atoms with Crippen LogP contribution in [0.5, 0.6) is 0 Å². The van der Waals surface area contributed by atoms with Crippen molar-refractivity contribution in [2.45, 2.75) is 47.3 Å². The smallest absolute Gasteiger partial charge is 0.207 e. The summed E-state index contributed by atoms with van der Waals surface area (Å²) in [7, 11) is -3.70. The maximum Gasteiger partial charge on any atom is 0.207 e. The summed E-state index contributed by atoms with van der Waals surface area (Å²) in [6.45, 7) is 0. The highest BCUT2D eigenvalue weighted by Crippen LogP contribution is 2.68. The van der Waals surface area contributed by atoms with Gasteiger partial charge in [-0.2, -0.15) is 0 Å². The Bertz CT molecular complexity index is 2650. The molecule has 4 saturated carbocycles. The summed E-state index contributed by atoms with van der Waals surface area (Å²) in [5.41, 5.74) is 8.54. The predicted molar refractivity (Wildman–Crippen MR) is 205 cm³/mol. The summed E-state index contributed by atoms with van der Waals surface area (Å²) in [5.74, 6) is 2.57. The average Bonchev–Trinajstić information content (AvgIpc) is 3.17. The first-order chi connectivity index (χ1) is 25.0. The topological polar surface area (TPSA) is 47.0 Å². The number of hydrogen-bond acceptors (Lipinski definition) is 3. The van der Waals surface area contributed by atoms with Crippen LogP contribution in [0.4, 0.5) is 0 Å². The van der Waals surface area contributed by atoms with Crippen LogP contribution in [0.3, 0.4) is 0 Å². The minimum absolute atomic E-state index is 0.225. The predicted octanol–water partition coefficient (Wildman–Crippen LogP) is 11.3. The summed E-state index contributed by atoms with van der Waals surface area (Å²) in [6.07, 6.45) is 10.1. The van der Waals surface area contributed by atoms with E-state index < -0.39 is 9.84 Å². The third-order valence-electron chi connectivity index (χ3n) is 13.2. The molecular formula is C47H37NO2S. The Morgan fingerprint density at radius 1 is 0.490 bits per heavy atom. The normalized spacial score (nSPS) is 25.3. The molecule has 0 radical (unpaired) electrons. The molecule has 7 aromatic rings. The minimum atomic E-state index is -3.70. The highest BCUT2D eigenvalue weighted by Gasteiger charge is 2.62. The maximum absolute atomic E-state index is 14.6. The lowest BCUT2D eigenvalue weighted by Gasteiger charge is -2.63. The summed E-state index contributed by atoms with van der Waals surface area (Å²) >= 11 is 0. The number of hydrogen-bond donors (Lipinski definition) is 0. The summed E-state index contributed by atoms with van der Waals surface area (Å²) in [6, 6.07) is 44.5. The van der Waals surface area contributed by atoms with E-state index in [4.69, 9.17) is 0 Å². The SMILES string of the molecule is O=S1(=O)c2ccccc2C2(c3ccc(-c4ccc(-c5ccc(-c6ccccc6)c6cnccc56)c5ccccc45)cc31)C1CC3CC(C1)CC2C3. The summed E-state index contributed by atoms with van der Waals surface area (Å²) in [5, 5.41) is 4.53. The van der Waals surface area contributed by atoms with Crippen molar-refractivity contribution in [3.63, 3.8) is 0 Å². The van der Waals surface area contributed by atoms with Gasteiger partial charge in [0.2, 0.25) is 9.84 Å². The van der Waals surface area contributed by atoms with Gasteiger partial charge in [0.15, 0.2) is 0 Å². The van der Waals surface area contributed by atoms with Crippen LogP contribution in [0.25, 0.3) is 54.9 Å². The number of benzene rings is 6. The molecule has 2 heterocycles. The van der Waals surface area contributed by atoms with Crippen LogP contribution in [-0.4, -0.2) is 13.4 Å². The number of nitrogens with zero attached hydrogens (tertiary/aromatic N) is 1. The largest absolute Gasteiger partial charge is 0.264 e. The van der Waals surface area contributed by atoms with Crippen LogP contribution in [0, 0.1) is 23.7 Å². The Morgan fingerprint density at radius 3 is 1.78 bits per heavy atom. The van der Waals surface area contributed by atoms with Gasteiger partial charge in [-0.3, -0.25) is 4.98 Å². The fourth-order valence-corrected chi connectivity index (χ4v) is 13.3. The van der Waals surface area contributed by atoms with Gasteiger partial charge in [0, 0.05) is 23.2 Å². The molecule has 1 aromatic heterocycles. The van der Waals surface area contributed by atoms with Crippen molar-refractivity contribution >= 4 is 31.4 Å². The van der Waals surface area contributed by atoms with Crippen molar-refractivity contribution in [3.8, 4) is 33.4 Å². The van der Waals surface area contributed by atoms with Gasteiger partial charge in [-0.1, -0.05) is 109 Å². The molecule has 1 spiro atoms. The van der Waals surface area contributed by atoms with E-state index in [1.807, 2.05) is 36.7 Å². The third-order valence-corrected chi connectivity index (χ3v) is 15.0. The van der Waals surface area contributed by atoms with Crippen molar-refractivity contribution < 1.29 is 8.42 Å². The number of sulfone groups is 1. The van der Waals surface area contributed by atoms with Crippen LogP contribution in [0.1, 0.15) is 43.2 Å². The first kappa shape index (κ1) is 29.6. The summed E-state index contributed by atoms with van der Waals surface area (Å²) < 4.78 is 29.3.